The van der Waals surface area contributed by atoms with E-state index in [1.165, 1.54) is 23.3 Å². The molecule has 1 aliphatic rings. The minimum atomic E-state index is 1.16. The minimum Gasteiger partial charge on any atom is -0.268 e. The molecule has 11 heavy (non-hydrogen) atoms. The van der Waals surface area contributed by atoms with Gasteiger partial charge in [0.1, 0.15) is 0 Å². The van der Waals surface area contributed by atoms with Crippen molar-refractivity contribution >= 4 is 6.08 Å². The second-order valence-electron chi connectivity index (χ2n) is 3.17. The molecule has 1 heterocycles. The van der Waals surface area contributed by atoms with Crippen LogP contribution in [0.3, 0.4) is 0 Å². The molecule has 0 N–H and O–H groups in total. The van der Waals surface area contributed by atoms with Crippen molar-refractivity contribution in [2.45, 2.75) is 19.8 Å². The molecule has 0 saturated heterocycles. The van der Waals surface area contributed by atoms with Crippen LogP contribution in [-0.2, 0) is 13.5 Å². The zero-order valence-electron chi connectivity index (χ0n) is 6.96. The summed E-state index contributed by atoms with van der Waals surface area (Å²) >= 11 is 0. The summed E-state index contributed by atoms with van der Waals surface area (Å²) in [5.74, 6) is 0. The molecule has 2 heteroatoms. The van der Waals surface area contributed by atoms with Gasteiger partial charge in [-0.2, -0.15) is 5.10 Å². The lowest BCUT2D eigenvalue weighted by molar-refractivity contribution is 0.754. The van der Waals surface area contributed by atoms with Crippen LogP contribution in [0.25, 0.3) is 6.08 Å². The van der Waals surface area contributed by atoms with Crippen molar-refractivity contribution in [1.82, 2.24) is 9.78 Å². The number of nitrogens with zero attached hydrogens (tertiary/aromatic N) is 2. The lowest BCUT2D eigenvalue weighted by Gasteiger charge is -2.09. The van der Waals surface area contributed by atoms with E-state index in [2.05, 4.69) is 18.1 Å². The number of allylic oxidation sites excluding steroid dienone is 1. The third-order valence-electron chi connectivity index (χ3n) is 2.24. The maximum absolute atomic E-state index is 4.20. The van der Waals surface area contributed by atoms with Crippen molar-refractivity contribution in [3.63, 3.8) is 0 Å². The van der Waals surface area contributed by atoms with Crippen molar-refractivity contribution in [2.24, 2.45) is 7.05 Å². The first kappa shape index (κ1) is 6.65. The Bertz CT molecular complexity index is 307. The summed E-state index contributed by atoms with van der Waals surface area (Å²) in [4.78, 5) is 0. The summed E-state index contributed by atoms with van der Waals surface area (Å²) in [6.07, 6.45) is 6.55. The van der Waals surface area contributed by atoms with Crippen LogP contribution < -0.4 is 0 Å². The first-order valence-corrected chi connectivity index (χ1v) is 3.95. The van der Waals surface area contributed by atoms with Crippen LogP contribution in [-0.4, -0.2) is 9.78 Å². The van der Waals surface area contributed by atoms with Crippen LogP contribution in [0.2, 0.25) is 0 Å². The fourth-order valence-corrected chi connectivity index (χ4v) is 1.51. The number of hydrogen-bond acceptors (Lipinski definition) is 1. The summed E-state index contributed by atoms with van der Waals surface area (Å²) < 4.78 is 1.94. The van der Waals surface area contributed by atoms with Crippen LogP contribution in [0.15, 0.2) is 11.8 Å². The summed E-state index contributed by atoms with van der Waals surface area (Å²) in [6, 6.07) is 0. The van der Waals surface area contributed by atoms with Crippen LogP contribution in [0, 0.1) is 0 Å². The van der Waals surface area contributed by atoms with Gasteiger partial charge in [0.25, 0.3) is 0 Å². The average Bonchev–Trinajstić information content (AvgIpc) is 2.33. The maximum atomic E-state index is 4.20. The molecular formula is C9H12N2. The summed E-state index contributed by atoms with van der Waals surface area (Å²) in [7, 11) is 1.99. The monoisotopic (exact) mass is 148 g/mol. The molecule has 1 aliphatic carbocycles. The standard InChI is InChI=1S/C9H12N2/c1-7-3-4-8-6-10-11(2)9(8)5-7/h5-6H,3-4H2,1-2H3. The zero-order chi connectivity index (χ0) is 7.84. The van der Waals surface area contributed by atoms with Gasteiger partial charge in [-0.25, -0.2) is 0 Å². The normalized spacial score (nSPS) is 16.0. The molecule has 0 aromatic carbocycles. The lowest BCUT2D eigenvalue weighted by atomic mass is 9.99. The SMILES string of the molecule is CC1=Cc2c(cnn2C)CC1. The molecule has 0 saturated carbocycles. The first-order valence-electron chi connectivity index (χ1n) is 3.95. The molecule has 0 fully saturated rings. The summed E-state index contributed by atoms with van der Waals surface area (Å²) in [6.45, 7) is 2.18. The number of fused-ring (bicyclic) bond motifs is 1. The highest BCUT2D eigenvalue weighted by Crippen LogP contribution is 2.22. The van der Waals surface area contributed by atoms with Crippen molar-refractivity contribution in [3.05, 3.63) is 23.0 Å². The van der Waals surface area contributed by atoms with Gasteiger partial charge in [0, 0.05) is 7.05 Å². The van der Waals surface area contributed by atoms with Crippen molar-refractivity contribution in [1.29, 1.82) is 0 Å². The predicted molar refractivity (Wildman–Crippen MR) is 45.2 cm³/mol. The molecular weight excluding hydrogens is 136 g/mol. The smallest absolute Gasteiger partial charge is 0.0638 e. The molecule has 0 amide bonds. The van der Waals surface area contributed by atoms with Gasteiger partial charge in [0.05, 0.1) is 11.9 Å². The van der Waals surface area contributed by atoms with E-state index in [1.54, 1.807) is 0 Å². The van der Waals surface area contributed by atoms with E-state index in [0.29, 0.717) is 0 Å². The highest BCUT2D eigenvalue weighted by atomic mass is 15.3. The molecule has 0 bridgehead atoms. The second kappa shape index (κ2) is 2.22. The van der Waals surface area contributed by atoms with Gasteiger partial charge in [0.2, 0.25) is 0 Å². The Morgan fingerprint density at radius 2 is 2.27 bits per heavy atom. The Hall–Kier alpha value is -1.05. The Labute approximate surface area is 66.5 Å². The molecule has 0 spiro atoms. The van der Waals surface area contributed by atoms with Gasteiger partial charge in [-0.3, -0.25) is 4.68 Å². The van der Waals surface area contributed by atoms with Crippen molar-refractivity contribution in [2.75, 3.05) is 0 Å². The van der Waals surface area contributed by atoms with E-state index in [9.17, 15) is 0 Å². The lowest BCUT2D eigenvalue weighted by Crippen LogP contribution is -2.00. The number of hydrogen-bond donors (Lipinski definition) is 0. The van der Waals surface area contributed by atoms with Gasteiger partial charge < -0.3 is 0 Å². The molecule has 1 aromatic heterocycles. The molecule has 0 radical (unpaired) electrons. The Morgan fingerprint density at radius 3 is 3.09 bits per heavy atom. The van der Waals surface area contributed by atoms with E-state index in [1.807, 2.05) is 17.9 Å². The molecule has 1 aromatic rings. The van der Waals surface area contributed by atoms with Gasteiger partial charge in [-0.15, -0.1) is 0 Å². The Morgan fingerprint density at radius 1 is 1.45 bits per heavy atom. The first-order chi connectivity index (χ1) is 5.27. The second-order valence-corrected chi connectivity index (χ2v) is 3.17. The number of rotatable bonds is 0. The molecule has 0 atom stereocenters. The molecule has 0 unspecified atom stereocenters. The molecule has 0 aliphatic heterocycles. The third-order valence-corrected chi connectivity index (χ3v) is 2.24. The van der Waals surface area contributed by atoms with Crippen molar-refractivity contribution < 1.29 is 0 Å². The Kier molecular flexibility index (Phi) is 1.34. The topological polar surface area (TPSA) is 17.8 Å². The number of aromatic nitrogens is 2. The fourth-order valence-electron chi connectivity index (χ4n) is 1.51. The zero-order valence-corrected chi connectivity index (χ0v) is 6.96. The average molecular weight is 148 g/mol. The Balaban J connectivity index is 2.55. The van der Waals surface area contributed by atoms with Gasteiger partial charge in [0.15, 0.2) is 0 Å². The van der Waals surface area contributed by atoms with Crippen LogP contribution in [0.5, 0.6) is 0 Å². The van der Waals surface area contributed by atoms with E-state index in [0.717, 1.165) is 6.42 Å². The fraction of sp³-hybridized carbons (Fsp3) is 0.444. The minimum absolute atomic E-state index is 1.16. The molecule has 58 valence electrons. The van der Waals surface area contributed by atoms with Crippen molar-refractivity contribution in [3.8, 4) is 0 Å². The quantitative estimate of drug-likeness (QED) is 0.548. The van der Waals surface area contributed by atoms with Gasteiger partial charge in [-0.05, 0) is 31.4 Å². The summed E-state index contributed by atoms with van der Waals surface area (Å²) in [5.41, 5.74) is 4.13. The summed E-state index contributed by atoms with van der Waals surface area (Å²) in [5, 5.41) is 4.20. The number of aryl methyl sites for hydroxylation is 2. The van der Waals surface area contributed by atoms with Crippen LogP contribution >= 0.6 is 0 Å². The maximum Gasteiger partial charge on any atom is 0.0638 e. The molecule has 2 rings (SSSR count). The van der Waals surface area contributed by atoms with E-state index in [-0.39, 0.29) is 0 Å². The van der Waals surface area contributed by atoms with Crippen LogP contribution in [0.4, 0.5) is 0 Å². The van der Waals surface area contributed by atoms with E-state index in [4.69, 9.17) is 0 Å². The van der Waals surface area contributed by atoms with Crippen LogP contribution in [0.1, 0.15) is 24.6 Å². The van der Waals surface area contributed by atoms with Gasteiger partial charge in [-0.1, -0.05) is 5.57 Å². The van der Waals surface area contributed by atoms with E-state index >= 15 is 0 Å². The van der Waals surface area contributed by atoms with Gasteiger partial charge >= 0.3 is 0 Å². The predicted octanol–water partition coefficient (Wildman–Crippen LogP) is 1.77. The molecule has 2 nitrogen and oxygen atoms in total. The van der Waals surface area contributed by atoms with E-state index < -0.39 is 0 Å². The highest BCUT2D eigenvalue weighted by Gasteiger charge is 2.10. The largest absolute Gasteiger partial charge is 0.268 e. The third kappa shape index (κ3) is 0.985. The highest BCUT2D eigenvalue weighted by molar-refractivity contribution is 5.55.